The summed E-state index contributed by atoms with van der Waals surface area (Å²) in [5, 5.41) is 20.9. The van der Waals surface area contributed by atoms with Gasteiger partial charge in [0.1, 0.15) is 6.10 Å². The molecule has 1 aliphatic rings. The number of benzene rings is 1. The van der Waals surface area contributed by atoms with Crippen LogP contribution in [0, 0.1) is 19.8 Å². The lowest BCUT2D eigenvalue weighted by Crippen LogP contribution is -2.49. The minimum atomic E-state index is -0.888. The molecule has 0 bridgehead atoms. The molecule has 1 aromatic heterocycles. The van der Waals surface area contributed by atoms with Crippen molar-refractivity contribution in [1.29, 1.82) is 0 Å². The second kappa shape index (κ2) is 7.15. The first kappa shape index (κ1) is 17.9. The first-order valence-corrected chi connectivity index (χ1v) is 8.63. The quantitative estimate of drug-likeness (QED) is 0.775. The number of hydrogen-bond acceptors (Lipinski definition) is 4. The molecular weight excluding hydrogens is 320 g/mol. The summed E-state index contributed by atoms with van der Waals surface area (Å²) in [7, 11) is 1.73. The van der Waals surface area contributed by atoms with Crippen LogP contribution in [0.15, 0.2) is 18.2 Å². The molecule has 6 nitrogen and oxygen atoms in total. The van der Waals surface area contributed by atoms with E-state index in [0.29, 0.717) is 19.6 Å². The fraction of sp³-hybridized carbons (Fsp3) is 0.526. The number of aliphatic hydroxyl groups is 2. The molecule has 1 fully saturated rings. The molecule has 136 valence electrons. The third kappa shape index (κ3) is 3.56. The lowest BCUT2D eigenvalue weighted by molar-refractivity contribution is -0.139. The molecule has 0 aliphatic carbocycles. The fourth-order valence-electron chi connectivity index (χ4n) is 3.53. The van der Waals surface area contributed by atoms with E-state index in [1.807, 2.05) is 32.0 Å². The monoisotopic (exact) mass is 346 g/mol. The second-order valence-electron chi connectivity index (χ2n) is 7.03. The highest BCUT2D eigenvalue weighted by Crippen LogP contribution is 2.25. The van der Waals surface area contributed by atoms with Crippen molar-refractivity contribution in [3.8, 4) is 0 Å². The van der Waals surface area contributed by atoms with Crippen LogP contribution in [0.4, 0.5) is 0 Å². The number of carbonyl (C=O) groups is 1. The zero-order valence-electron chi connectivity index (χ0n) is 15.0. The Balaban J connectivity index is 1.72. The Morgan fingerprint density at radius 1 is 1.32 bits per heavy atom. The van der Waals surface area contributed by atoms with Gasteiger partial charge in [-0.3, -0.25) is 4.79 Å². The number of aryl methyl sites for hydroxylation is 2. The summed E-state index contributed by atoms with van der Waals surface area (Å²) in [5.41, 5.74) is 4.24. The smallest absolute Gasteiger partial charge is 0.226 e. The molecule has 1 aromatic carbocycles. The van der Waals surface area contributed by atoms with Crippen molar-refractivity contribution in [2.45, 2.75) is 32.5 Å². The van der Waals surface area contributed by atoms with Crippen molar-refractivity contribution in [3.63, 3.8) is 0 Å². The van der Waals surface area contributed by atoms with Crippen LogP contribution >= 0.6 is 0 Å². The van der Waals surface area contributed by atoms with Crippen LogP contribution in [0.3, 0.4) is 0 Å². The molecule has 0 saturated carbocycles. The molecule has 2 aromatic rings. The number of ether oxygens (including phenoxy) is 1. The predicted molar refractivity (Wildman–Crippen MR) is 95.4 cm³/mol. The number of aliphatic hydroxyl groups excluding tert-OH is 2. The van der Waals surface area contributed by atoms with Crippen molar-refractivity contribution in [3.05, 3.63) is 35.0 Å². The maximum Gasteiger partial charge on any atom is 0.226 e. The Labute approximate surface area is 147 Å². The van der Waals surface area contributed by atoms with E-state index in [9.17, 15) is 15.0 Å². The molecule has 1 amide bonds. The van der Waals surface area contributed by atoms with Gasteiger partial charge in [-0.2, -0.15) is 0 Å². The van der Waals surface area contributed by atoms with Crippen LogP contribution in [0.1, 0.15) is 16.8 Å². The number of rotatable bonds is 4. The van der Waals surface area contributed by atoms with E-state index in [4.69, 9.17) is 4.74 Å². The van der Waals surface area contributed by atoms with Crippen LogP contribution < -0.4 is 0 Å². The highest BCUT2D eigenvalue weighted by atomic mass is 16.5. The molecule has 3 rings (SSSR count). The molecular formula is C19H26N2O4. The topological polar surface area (TPSA) is 85.8 Å². The van der Waals surface area contributed by atoms with Crippen LogP contribution in [0.25, 0.3) is 10.9 Å². The van der Waals surface area contributed by atoms with Crippen LogP contribution in [-0.4, -0.2) is 65.0 Å². The van der Waals surface area contributed by atoms with Gasteiger partial charge >= 0.3 is 0 Å². The lowest BCUT2D eigenvalue weighted by Gasteiger charge is -2.34. The molecule has 1 aliphatic heterocycles. The van der Waals surface area contributed by atoms with Gasteiger partial charge in [-0.05, 0) is 25.0 Å². The van der Waals surface area contributed by atoms with Gasteiger partial charge in [-0.25, -0.2) is 0 Å². The Morgan fingerprint density at radius 3 is 2.84 bits per heavy atom. The lowest BCUT2D eigenvalue weighted by atomic mass is 9.96. The standard InChI is InChI=1S/C19H26N2O4/c1-11-5-4-6-14-15(12(2)20-18(11)14)7-17(23)21(3)8-13-9-25-10-16(22)19(13)24/h4-6,13,16,19-20,22,24H,7-10H2,1-3H3/t13-,16-,19+/m1/s1. The number of nitrogens with zero attached hydrogens (tertiary/aromatic N) is 1. The summed E-state index contributed by atoms with van der Waals surface area (Å²) in [6, 6.07) is 6.08. The molecule has 25 heavy (non-hydrogen) atoms. The van der Waals surface area contributed by atoms with Crippen molar-refractivity contribution in [1.82, 2.24) is 9.88 Å². The SMILES string of the molecule is Cc1[nH]c2c(C)cccc2c1CC(=O)N(C)C[C@@H]1COC[C@@H](O)[C@H]1O. The van der Waals surface area contributed by atoms with Crippen LogP contribution in [0.2, 0.25) is 0 Å². The van der Waals surface area contributed by atoms with E-state index in [1.165, 1.54) is 0 Å². The zero-order valence-corrected chi connectivity index (χ0v) is 15.0. The van der Waals surface area contributed by atoms with E-state index in [1.54, 1.807) is 11.9 Å². The normalized spacial score (nSPS) is 23.8. The maximum atomic E-state index is 12.7. The third-order valence-corrected chi connectivity index (χ3v) is 5.12. The van der Waals surface area contributed by atoms with Crippen LogP contribution in [0.5, 0.6) is 0 Å². The molecule has 3 N–H and O–H groups in total. The highest BCUT2D eigenvalue weighted by molar-refractivity contribution is 5.91. The van der Waals surface area contributed by atoms with Gasteiger partial charge in [-0.15, -0.1) is 0 Å². The van der Waals surface area contributed by atoms with Gasteiger partial charge in [-0.1, -0.05) is 18.2 Å². The average Bonchev–Trinajstić information content (AvgIpc) is 2.89. The number of para-hydroxylation sites is 1. The maximum absolute atomic E-state index is 12.7. The van der Waals surface area contributed by atoms with Gasteiger partial charge in [0, 0.05) is 36.1 Å². The first-order valence-electron chi connectivity index (χ1n) is 8.63. The third-order valence-electron chi connectivity index (χ3n) is 5.12. The number of aromatic amines is 1. The van der Waals surface area contributed by atoms with E-state index < -0.39 is 12.2 Å². The molecule has 1 saturated heterocycles. The van der Waals surface area contributed by atoms with E-state index in [0.717, 1.165) is 27.7 Å². The van der Waals surface area contributed by atoms with E-state index >= 15 is 0 Å². The molecule has 0 radical (unpaired) electrons. The Bertz CT molecular complexity index is 770. The van der Waals surface area contributed by atoms with Gasteiger partial charge in [0.25, 0.3) is 0 Å². The van der Waals surface area contributed by atoms with Gasteiger partial charge in [0.05, 0.1) is 25.7 Å². The first-order chi connectivity index (χ1) is 11.9. The van der Waals surface area contributed by atoms with Crippen molar-refractivity contribution in [2.24, 2.45) is 5.92 Å². The Hall–Kier alpha value is -1.89. The van der Waals surface area contributed by atoms with Gasteiger partial charge in [0.15, 0.2) is 0 Å². The number of hydrogen-bond donors (Lipinski definition) is 3. The zero-order chi connectivity index (χ0) is 18.1. The molecule has 6 heteroatoms. The highest BCUT2D eigenvalue weighted by Gasteiger charge is 2.32. The van der Waals surface area contributed by atoms with Gasteiger partial charge in [0.2, 0.25) is 5.91 Å². The molecule has 0 spiro atoms. The number of H-pyrrole nitrogens is 1. The van der Waals surface area contributed by atoms with E-state index in [2.05, 4.69) is 4.98 Å². The minimum Gasteiger partial charge on any atom is -0.390 e. The number of nitrogens with one attached hydrogen (secondary N) is 1. The largest absolute Gasteiger partial charge is 0.390 e. The van der Waals surface area contributed by atoms with Crippen molar-refractivity contribution < 1.29 is 19.7 Å². The number of carbonyl (C=O) groups excluding carboxylic acids is 1. The summed E-state index contributed by atoms with van der Waals surface area (Å²) >= 11 is 0. The van der Waals surface area contributed by atoms with Crippen LogP contribution in [-0.2, 0) is 16.0 Å². The number of amides is 1. The Morgan fingerprint density at radius 2 is 2.08 bits per heavy atom. The summed E-state index contributed by atoms with van der Waals surface area (Å²) in [6.07, 6.45) is -1.44. The molecule has 2 heterocycles. The second-order valence-corrected chi connectivity index (χ2v) is 7.03. The fourth-order valence-corrected chi connectivity index (χ4v) is 3.53. The summed E-state index contributed by atoms with van der Waals surface area (Å²) < 4.78 is 5.29. The van der Waals surface area contributed by atoms with Crippen molar-refractivity contribution >= 4 is 16.8 Å². The summed E-state index contributed by atoms with van der Waals surface area (Å²) in [6.45, 7) is 4.88. The van der Waals surface area contributed by atoms with Crippen molar-refractivity contribution in [2.75, 3.05) is 26.8 Å². The minimum absolute atomic E-state index is 0.0160. The summed E-state index contributed by atoms with van der Waals surface area (Å²) in [4.78, 5) is 17.7. The predicted octanol–water partition coefficient (Wildman–Crippen LogP) is 1.15. The number of aromatic nitrogens is 1. The van der Waals surface area contributed by atoms with Gasteiger partial charge < -0.3 is 24.8 Å². The Kier molecular flexibility index (Phi) is 5.13. The molecule has 3 atom stereocenters. The van der Waals surface area contributed by atoms with E-state index in [-0.39, 0.29) is 18.4 Å². The summed E-state index contributed by atoms with van der Waals surface area (Å²) in [5.74, 6) is -0.290. The number of fused-ring (bicyclic) bond motifs is 1. The number of likely N-dealkylation sites (N-methyl/N-ethyl adjacent to an activating group) is 1. The average molecular weight is 346 g/mol. The molecule has 0 unspecified atom stereocenters.